The molecule has 40 heavy (non-hydrogen) atoms. The zero-order valence-corrected chi connectivity index (χ0v) is 21.2. The SMILES string of the molecule is c1ccc(-n2c3ccccc3c3c4nccnc4c4c5ccccc5n(-c5cnc6ccccc6n5)c4c32)cc1. The number of rotatable bonds is 2. The topological polar surface area (TPSA) is 61.4 Å². The summed E-state index contributed by atoms with van der Waals surface area (Å²) in [6, 6.07) is 35.5. The molecule has 4 heterocycles. The minimum Gasteiger partial charge on any atom is -0.307 e. The zero-order chi connectivity index (χ0) is 26.2. The molecule has 0 aliphatic rings. The summed E-state index contributed by atoms with van der Waals surface area (Å²) in [4.78, 5) is 19.8. The number of nitrogens with zero attached hydrogens (tertiary/aromatic N) is 6. The fourth-order valence-electron chi connectivity index (χ4n) is 6.25. The second-order valence-electron chi connectivity index (χ2n) is 9.96. The maximum absolute atomic E-state index is 5.12. The number of benzene rings is 5. The molecule has 0 amide bonds. The van der Waals surface area contributed by atoms with Crippen molar-refractivity contribution in [2.75, 3.05) is 0 Å². The molecule has 6 heteroatoms. The molecular formula is C34H20N6. The molecule has 0 unspecified atom stereocenters. The predicted octanol–water partition coefficient (Wildman–Crippen LogP) is 7.77. The predicted molar refractivity (Wildman–Crippen MR) is 161 cm³/mol. The van der Waals surface area contributed by atoms with Crippen molar-refractivity contribution in [2.45, 2.75) is 0 Å². The smallest absolute Gasteiger partial charge is 0.156 e. The first-order valence-electron chi connectivity index (χ1n) is 13.2. The Balaban J connectivity index is 1.63. The summed E-state index contributed by atoms with van der Waals surface area (Å²) < 4.78 is 4.60. The highest BCUT2D eigenvalue weighted by atomic mass is 15.1. The molecule has 0 saturated heterocycles. The number of fused-ring (bicyclic) bond motifs is 11. The molecule has 0 saturated carbocycles. The van der Waals surface area contributed by atoms with E-state index in [4.69, 9.17) is 19.9 Å². The monoisotopic (exact) mass is 512 g/mol. The fourth-order valence-corrected chi connectivity index (χ4v) is 6.25. The first-order valence-corrected chi connectivity index (χ1v) is 13.2. The van der Waals surface area contributed by atoms with Crippen LogP contribution in [0.25, 0.3) is 77.2 Å². The molecule has 0 fully saturated rings. The number of hydrogen-bond acceptors (Lipinski definition) is 4. The fraction of sp³-hybridized carbons (Fsp3) is 0. The van der Waals surface area contributed by atoms with Crippen molar-refractivity contribution in [3.05, 3.63) is 122 Å². The van der Waals surface area contributed by atoms with Gasteiger partial charge in [0.05, 0.1) is 50.3 Å². The van der Waals surface area contributed by atoms with Crippen LogP contribution in [0.15, 0.2) is 122 Å². The van der Waals surface area contributed by atoms with E-state index in [1.54, 1.807) is 12.4 Å². The Morgan fingerprint density at radius 1 is 0.475 bits per heavy atom. The minimum absolute atomic E-state index is 0.763. The van der Waals surface area contributed by atoms with Gasteiger partial charge in [-0.05, 0) is 36.4 Å². The van der Waals surface area contributed by atoms with E-state index in [-0.39, 0.29) is 0 Å². The van der Waals surface area contributed by atoms with Gasteiger partial charge >= 0.3 is 0 Å². The Labute approximate surface area is 227 Å². The quantitative estimate of drug-likeness (QED) is 0.237. The van der Waals surface area contributed by atoms with Crippen LogP contribution in [0.5, 0.6) is 0 Å². The van der Waals surface area contributed by atoms with Gasteiger partial charge in [0.15, 0.2) is 5.82 Å². The standard InChI is InChI=1S/C34H20N6/c1-2-10-21(11-3-1)39-26-16-8-4-12-22(26)29-31-32(36-19-18-35-31)30-23-13-5-9-17-27(23)40(34(30)33(29)39)28-20-37-24-14-6-7-15-25(24)38-28/h1-20H. The van der Waals surface area contributed by atoms with Crippen LogP contribution in [0.4, 0.5) is 0 Å². The van der Waals surface area contributed by atoms with Crippen LogP contribution >= 0.6 is 0 Å². The maximum atomic E-state index is 5.12. The van der Waals surface area contributed by atoms with E-state index in [1.807, 2.05) is 30.5 Å². The maximum Gasteiger partial charge on any atom is 0.156 e. The van der Waals surface area contributed by atoms with Crippen molar-refractivity contribution in [3.8, 4) is 11.5 Å². The Morgan fingerprint density at radius 2 is 1.02 bits per heavy atom. The molecule has 0 bridgehead atoms. The van der Waals surface area contributed by atoms with Gasteiger partial charge in [0, 0.05) is 39.6 Å². The van der Waals surface area contributed by atoms with Crippen molar-refractivity contribution in [3.63, 3.8) is 0 Å². The van der Waals surface area contributed by atoms with Crippen molar-refractivity contribution < 1.29 is 0 Å². The Kier molecular flexibility index (Phi) is 4.24. The van der Waals surface area contributed by atoms with Gasteiger partial charge in [-0.1, -0.05) is 66.7 Å². The van der Waals surface area contributed by atoms with Crippen LogP contribution in [0.1, 0.15) is 0 Å². The van der Waals surface area contributed by atoms with Crippen LogP contribution in [-0.2, 0) is 0 Å². The highest BCUT2D eigenvalue weighted by molar-refractivity contribution is 6.34. The minimum atomic E-state index is 0.763. The number of para-hydroxylation sites is 5. The Hall–Kier alpha value is -5.62. The molecule has 4 aromatic heterocycles. The Bertz CT molecular complexity index is 2440. The van der Waals surface area contributed by atoms with Crippen molar-refractivity contribution in [1.29, 1.82) is 0 Å². The van der Waals surface area contributed by atoms with Gasteiger partial charge in [-0.3, -0.25) is 19.5 Å². The van der Waals surface area contributed by atoms with E-state index in [0.29, 0.717) is 0 Å². The second-order valence-corrected chi connectivity index (χ2v) is 9.96. The van der Waals surface area contributed by atoms with Gasteiger partial charge in [-0.15, -0.1) is 0 Å². The molecule has 0 atom stereocenters. The largest absolute Gasteiger partial charge is 0.307 e. The van der Waals surface area contributed by atoms with E-state index in [9.17, 15) is 0 Å². The molecule has 0 N–H and O–H groups in total. The third kappa shape index (κ3) is 2.77. The van der Waals surface area contributed by atoms with E-state index in [0.717, 1.165) is 77.2 Å². The highest BCUT2D eigenvalue weighted by Crippen LogP contribution is 2.45. The lowest BCUT2D eigenvalue weighted by molar-refractivity contribution is 1.07. The van der Waals surface area contributed by atoms with Crippen LogP contribution in [-0.4, -0.2) is 29.1 Å². The number of hydrogen-bond donors (Lipinski definition) is 0. The van der Waals surface area contributed by atoms with Crippen LogP contribution in [0.2, 0.25) is 0 Å². The summed E-state index contributed by atoms with van der Waals surface area (Å²) in [5, 5.41) is 4.37. The van der Waals surface area contributed by atoms with Crippen LogP contribution < -0.4 is 0 Å². The van der Waals surface area contributed by atoms with Crippen LogP contribution in [0.3, 0.4) is 0 Å². The first kappa shape index (κ1) is 21.3. The number of aromatic nitrogens is 6. The average Bonchev–Trinajstić information content (AvgIpc) is 3.55. The van der Waals surface area contributed by atoms with Gasteiger partial charge in [0.1, 0.15) is 0 Å². The summed E-state index contributed by atoms with van der Waals surface area (Å²) in [5.74, 6) is 0.763. The summed E-state index contributed by atoms with van der Waals surface area (Å²) in [7, 11) is 0. The lowest BCUT2D eigenvalue weighted by Crippen LogP contribution is -2.02. The summed E-state index contributed by atoms with van der Waals surface area (Å²) >= 11 is 0. The third-order valence-electron chi connectivity index (χ3n) is 7.82. The normalized spacial score (nSPS) is 12.0. The summed E-state index contributed by atoms with van der Waals surface area (Å²) in [6.45, 7) is 0. The molecule has 0 aliphatic heterocycles. The van der Waals surface area contributed by atoms with Gasteiger partial charge < -0.3 is 4.57 Å². The molecule has 0 aliphatic carbocycles. The van der Waals surface area contributed by atoms with Crippen LogP contribution in [0, 0.1) is 0 Å². The van der Waals surface area contributed by atoms with Crippen molar-refractivity contribution >= 4 is 65.7 Å². The summed E-state index contributed by atoms with van der Waals surface area (Å²) in [5.41, 5.74) is 8.84. The van der Waals surface area contributed by atoms with E-state index >= 15 is 0 Å². The lowest BCUT2D eigenvalue weighted by atomic mass is 10.1. The third-order valence-corrected chi connectivity index (χ3v) is 7.82. The van der Waals surface area contributed by atoms with Crippen molar-refractivity contribution in [2.24, 2.45) is 0 Å². The molecule has 6 nitrogen and oxygen atoms in total. The van der Waals surface area contributed by atoms with E-state index in [1.165, 1.54) is 0 Å². The summed E-state index contributed by atoms with van der Waals surface area (Å²) in [6.07, 6.45) is 5.44. The molecule has 186 valence electrons. The van der Waals surface area contributed by atoms with Gasteiger partial charge in [0.25, 0.3) is 0 Å². The first-order chi connectivity index (χ1) is 19.9. The second kappa shape index (κ2) is 7.94. The molecule has 9 aromatic rings. The van der Waals surface area contributed by atoms with Gasteiger partial charge in [-0.2, -0.15) is 0 Å². The van der Waals surface area contributed by atoms with Gasteiger partial charge in [-0.25, -0.2) is 4.98 Å². The van der Waals surface area contributed by atoms with Gasteiger partial charge in [0.2, 0.25) is 0 Å². The molecule has 0 spiro atoms. The molecule has 9 rings (SSSR count). The Morgan fingerprint density at radius 3 is 1.73 bits per heavy atom. The highest BCUT2D eigenvalue weighted by Gasteiger charge is 2.26. The zero-order valence-electron chi connectivity index (χ0n) is 21.2. The molecule has 0 radical (unpaired) electrons. The average molecular weight is 513 g/mol. The van der Waals surface area contributed by atoms with E-state index in [2.05, 4.69) is 88.0 Å². The van der Waals surface area contributed by atoms with Crippen molar-refractivity contribution in [1.82, 2.24) is 29.1 Å². The molecular weight excluding hydrogens is 492 g/mol. The molecule has 5 aromatic carbocycles. The lowest BCUT2D eigenvalue weighted by Gasteiger charge is -2.13. The van der Waals surface area contributed by atoms with E-state index < -0.39 is 0 Å².